The van der Waals surface area contributed by atoms with Gasteiger partial charge in [0.25, 0.3) is 5.91 Å². The highest BCUT2D eigenvalue weighted by Gasteiger charge is 2.25. The summed E-state index contributed by atoms with van der Waals surface area (Å²) >= 11 is 0. The number of nitrogens with two attached hydrogens (primary N) is 1. The van der Waals surface area contributed by atoms with Crippen LogP contribution < -0.4 is 15.8 Å². The molecule has 0 aliphatic carbocycles. The quantitative estimate of drug-likeness (QED) is 0.640. The zero-order valence-corrected chi connectivity index (χ0v) is 16.3. The van der Waals surface area contributed by atoms with E-state index in [1.165, 1.54) is 0 Å². The van der Waals surface area contributed by atoms with Crippen LogP contribution in [0.25, 0.3) is 11.4 Å². The minimum Gasteiger partial charge on any atom is -0.438 e. The molecule has 1 aliphatic rings. The van der Waals surface area contributed by atoms with E-state index in [1.807, 2.05) is 6.92 Å². The molecule has 0 spiro atoms. The molecule has 0 radical (unpaired) electrons. The molecule has 4 rings (SSSR count). The van der Waals surface area contributed by atoms with Crippen LogP contribution in [0, 0.1) is 12.8 Å². The lowest BCUT2D eigenvalue weighted by Crippen LogP contribution is -2.21. The zero-order valence-electron chi connectivity index (χ0n) is 16.3. The predicted octanol–water partition coefficient (Wildman–Crippen LogP) is 1.81. The number of hydrogen-bond acceptors (Lipinski definition) is 7. The summed E-state index contributed by atoms with van der Waals surface area (Å²) in [6.45, 7) is 2.50. The van der Waals surface area contributed by atoms with E-state index in [1.54, 1.807) is 42.7 Å². The van der Waals surface area contributed by atoms with E-state index < -0.39 is 5.91 Å². The minimum absolute atomic E-state index is 0.00325. The first-order valence-corrected chi connectivity index (χ1v) is 9.50. The fraction of sp³-hybridized carbons (Fsp3) is 0.238. The van der Waals surface area contributed by atoms with Gasteiger partial charge in [-0.15, -0.1) is 0 Å². The van der Waals surface area contributed by atoms with E-state index in [9.17, 15) is 9.59 Å². The second-order valence-electron chi connectivity index (χ2n) is 7.04. The van der Waals surface area contributed by atoms with Crippen molar-refractivity contribution >= 4 is 11.8 Å². The SMILES string of the molecule is Cc1cnc(Oc2ccc(-c3nc(C[C@H]4CCNC4=O)cc(C(N)=O)n3)cc2)cn1. The lowest BCUT2D eigenvalue weighted by Gasteiger charge is -2.10. The summed E-state index contributed by atoms with van der Waals surface area (Å²) in [6, 6.07) is 8.61. The molecule has 0 bridgehead atoms. The largest absolute Gasteiger partial charge is 0.438 e. The first-order valence-electron chi connectivity index (χ1n) is 9.50. The molecule has 2 aromatic heterocycles. The molecular weight excluding hydrogens is 384 g/mol. The van der Waals surface area contributed by atoms with E-state index in [2.05, 4.69) is 25.3 Å². The second-order valence-corrected chi connectivity index (χ2v) is 7.04. The van der Waals surface area contributed by atoms with Crippen LogP contribution in [0.3, 0.4) is 0 Å². The number of primary amides is 1. The normalized spacial score (nSPS) is 15.6. The van der Waals surface area contributed by atoms with E-state index in [4.69, 9.17) is 10.5 Å². The first kappa shape index (κ1) is 19.4. The van der Waals surface area contributed by atoms with Crippen LogP contribution >= 0.6 is 0 Å². The van der Waals surface area contributed by atoms with Gasteiger partial charge in [-0.2, -0.15) is 0 Å². The van der Waals surface area contributed by atoms with Gasteiger partial charge in [0.05, 0.1) is 18.1 Å². The van der Waals surface area contributed by atoms with Gasteiger partial charge in [0, 0.05) is 30.1 Å². The number of benzene rings is 1. The third-order valence-electron chi connectivity index (χ3n) is 4.74. The number of nitrogens with one attached hydrogen (secondary N) is 1. The molecule has 1 fully saturated rings. The van der Waals surface area contributed by atoms with Crippen LogP contribution in [0.2, 0.25) is 0 Å². The van der Waals surface area contributed by atoms with Crippen LogP contribution in [0.1, 0.15) is 28.3 Å². The third-order valence-corrected chi connectivity index (χ3v) is 4.74. The maximum Gasteiger partial charge on any atom is 0.267 e. The fourth-order valence-electron chi connectivity index (χ4n) is 3.18. The van der Waals surface area contributed by atoms with Gasteiger partial charge in [-0.05, 0) is 43.7 Å². The number of hydrogen-bond donors (Lipinski definition) is 2. The van der Waals surface area contributed by atoms with E-state index in [0.717, 1.165) is 12.1 Å². The van der Waals surface area contributed by atoms with Crippen molar-refractivity contribution in [2.24, 2.45) is 11.7 Å². The Morgan fingerprint density at radius 3 is 2.63 bits per heavy atom. The Hall–Kier alpha value is -3.88. The van der Waals surface area contributed by atoms with Crippen LogP contribution in [-0.4, -0.2) is 38.3 Å². The molecule has 30 heavy (non-hydrogen) atoms. The fourth-order valence-corrected chi connectivity index (χ4v) is 3.18. The second kappa shape index (κ2) is 8.24. The molecule has 1 atom stereocenters. The molecule has 1 saturated heterocycles. The molecule has 0 unspecified atom stereocenters. The number of aromatic nitrogens is 4. The highest BCUT2D eigenvalue weighted by molar-refractivity contribution is 5.91. The number of ether oxygens (including phenoxy) is 1. The average molecular weight is 404 g/mol. The first-order chi connectivity index (χ1) is 14.5. The lowest BCUT2D eigenvalue weighted by atomic mass is 10.0. The number of aryl methyl sites for hydroxylation is 1. The maximum absolute atomic E-state index is 11.9. The number of amides is 2. The van der Waals surface area contributed by atoms with Crippen molar-refractivity contribution in [3.8, 4) is 23.0 Å². The van der Waals surface area contributed by atoms with Crippen LogP contribution in [0.5, 0.6) is 11.6 Å². The van der Waals surface area contributed by atoms with Gasteiger partial charge in [0.2, 0.25) is 11.8 Å². The summed E-state index contributed by atoms with van der Waals surface area (Å²) in [5.74, 6) is 0.509. The standard InChI is InChI=1S/C21H20N6O3/c1-12-10-25-18(11-24-12)30-16-4-2-13(3-5-16)20-26-15(9-17(27-20)19(22)28)8-14-6-7-23-21(14)29/h2-5,9-11,14H,6-8H2,1H3,(H2,22,28)(H,23,29)/t14-/m1/s1. The maximum atomic E-state index is 11.9. The number of carbonyl (C=O) groups is 2. The van der Waals surface area contributed by atoms with E-state index in [-0.39, 0.29) is 17.5 Å². The molecular formula is C21H20N6O3. The summed E-state index contributed by atoms with van der Waals surface area (Å²) < 4.78 is 5.68. The molecule has 0 saturated carbocycles. The molecule has 152 valence electrons. The molecule has 1 aliphatic heterocycles. The zero-order chi connectivity index (χ0) is 21.1. The van der Waals surface area contributed by atoms with Gasteiger partial charge in [0.1, 0.15) is 11.4 Å². The highest BCUT2D eigenvalue weighted by Crippen LogP contribution is 2.24. The van der Waals surface area contributed by atoms with E-state index >= 15 is 0 Å². The van der Waals surface area contributed by atoms with Crippen LogP contribution in [0.4, 0.5) is 0 Å². The Kier molecular flexibility index (Phi) is 5.34. The Morgan fingerprint density at radius 1 is 1.20 bits per heavy atom. The van der Waals surface area contributed by atoms with Gasteiger partial charge in [-0.3, -0.25) is 14.6 Å². The van der Waals surface area contributed by atoms with Gasteiger partial charge < -0.3 is 15.8 Å². The number of rotatable bonds is 6. The average Bonchev–Trinajstić information content (AvgIpc) is 3.14. The van der Waals surface area contributed by atoms with Crippen molar-refractivity contribution in [3.63, 3.8) is 0 Å². The summed E-state index contributed by atoms with van der Waals surface area (Å²) in [4.78, 5) is 40.7. The summed E-state index contributed by atoms with van der Waals surface area (Å²) in [7, 11) is 0. The van der Waals surface area contributed by atoms with Crippen LogP contribution in [-0.2, 0) is 11.2 Å². The molecule has 9 heteroatoms. The molecule has 1 aromatic carbocycles. The Labute approximate surface area is 172 Å². The van der Waals surface area contributed by atoms with Crippen molar-refractivity contribution in [2.75, 3.05) is 6.54 Å². The minimum atomic E-state index is -0.645. The third kappa shape index (κ3) is 4.40. The summed E-state index contributed by atoms with van der Waals surface area (Å²) in [6.07, 6.45) is 4.33. The Balaban J connectivity index is 1.58. The monoisotopic (exact) mass is 404 g/mol. The summed E-state index contributed by atoms with van der Waals surface area (Å²) in [5.41, 5.74) is 7.65. The topological polar surface area (TPSA) is 133 Å². The highest BCUT2D eigenvalue weighted by atomic mass is 16.5. The lowest BCUT2D eigenvalue weighted by molar-refractivity contribution is -0.122. The molecule has 3 heterocycles. The number of carbonyl (C=O) groups excluding carboxylic acids is 2. The van der Waals surface area contributed by atoms with Crippen molar-refractivity contribution in [3.05, 3.63) is 59.8 Å². The van der Waals surface area contributed by atoms with Gasteiger partial charge in [-0.1, -0.05) is 0 Å². The van der Waals surface area contributed by atoms with Gasteiger partial charge >= 0.3 is 0 Å². The molecule has 3 N–H and O–H groups in total. The molecule has 3 aromatic rings. The Morgan fingerprint density at radius 2 is 2.00 bits per heavy atom. The summed E-state index contributed by atoms with van der Waals surface area (Å²) in [5, 5.41) is 2.81. The van der Waals surface area contributed by atoms with Crippen molar-refractivity contribution in [1.82, 2.24) is 25.3 Å². The molecule has 9 nitrogen and oxygen atoms in total. The Bertz CT molecular complexity index is 1080. The number of nitrogens with zero attached hydrogens (tertiary/aromatic N) is 4. The predicted molar refractivity (Wildman–Crippen MR) is 108 cm³/mol. The van der Waals surface area contributed by atoms with E-state index in [0.29, 0.717) is 41.7 Å². The molecule has 2 amide bonds. The van der Waals surface area contributed by atoms with Crippen molar-refractivity contribution in [2.45, 2.75) is 19.8 Å². The van der Waals surface area contributed by atoms with Gasteiger partial charge in [-0.25, -0.2) is 15.0 Å². The van der Waals surface area contributed by atoms with Crippen molar-refractivity contribution in [1.29, 1.82) is 0 Å². The van der Waals surface area contributed by atoms with Crippen molar-refractivity contribution < 1.29 is 14.3 Å². The smallest absolute Gasteiger partial charge is 0.267 e. The van der Waals surface area contributed by atoms with Gasteiger partial charge in [0.15, 0.2) is 5.82 Å². The van der Waals surface area contributed by atoms with Crippen LogP contribution in [0.15, 0.2) is 42.7 Å².